The Kier molecular flexibility index (Phi) is 3.87. The summed E-state index contributed by atoms with van der Waals surface area (Å²) in [4.78, 5) is 18.0. The maximum Gasteiger partial charge on any atom is 0.260 e. The van der Waals surface area contributed by atoms with Crippen LogP contribution in [-0.2, 0) is 4.79 Å². The van der Waals surface area contributed by atoms with Gasteiger partial charge in [-0.05, 0) is 38.1 Å². The standard InChI is InChI=1S/C16H23N3O2/c1-17(9-10-19-7-3-4-8-19)12-5-6-13-14(11-12)18(2)16(21)15(13)20/h5-6,11,15,20H,3-4,7-10H2,1-2H3. The van der Waals surface area contributed by atoms with Crippen LogP contribution in [0, 0.1) is 0 Å². The van der Waals surface area contributed by atoms with E-state index in [4.69, 9.17) is 0 Å². The van der Waals surface area contributed by atoms with E-state index in [2.05, 4.69) is 16.8 Å². The smallest absolute Gasteiger partial charge is 0.260 e. The number of carbonyl (C=O) groups excluding carboxylic acids is 1. The minimum atomic E-state index is -1.01. The van der Waals surface area contributed by atoms with Crippen molar-refractivity contribution in [2.45, 2.75) is 18.9 Å². The number of carbonyl (C=O) groups is 1. The van der Waals surface area contributed by atoms with Crippen LogP contribution in [0.15, 0.2) is 18.2 Å². The number of hydrogen-bond acceptors (Lipinski definition) is 4. The molecular weight excluding hydrogens is 266 g/mol. The van der Waals surface area contributed by atoms with Crippen molar-refractivity contribution in [1.29, 1.82) is 0 Å². The molecule has 1 atom stereocenters. The third kappa shape index (κ3) is 2.63. The van der Waals surface area contributed by atoms with Gasteiger partial charge in [0.2, 0.25) is 0 Å². The van der Waals surface area contributed by atoms with Gasteiger partial charge in [-0.15, -0.1) is 0 Å². The number of aliphatic hydroxyl groups excluding tert-OH is 1. The van der Waals surface area contributed by atoms with E-state index in [1.165, 1.54) is 30.8 Å². The molecule has 0 saturated carbocycles. The predicted octanol–water partition coefficient (Wildman–Crippen LogP) is 1.23. The van der Waals surface area contributed by atoms with Gasteiger partial charge in [-0.1, -0.05) is 6.07 Å². The molecule has 5 heteroatoms. The zero-order chi connectivity index (χ0) is 15.0. The van der Waals surface area contributed by atoms with E-state index in [1.54, 1.807) is 7.05 Å². The lowest BCUT2D eigenvalue weighted by atomic mass is 10.1. The molecule has 1 fully saturated rings. The Bertz CT molecular complexity index is 540. The zero-order valence-corrected chi connectivity index (χ0v) is 12.7. The Morgan fingerprint density at radius 2 is 2.05 bits per heavy atom. The fourth-order valence-corrected chi connectivity index (χ4v) is 3.15. The van der Waals surface area contributed by atoms with Gasteiger partial charge in [0.1, 0.15) is 0 Å². The summed E-state index contributed by atoms with van der Waals surface area (Å²) in [6, 6.07) is 5.84. The highest BCUT2D eigenvalue weighted by Crippen LogP contribution is 2.37. The second-order valence-corrected chi connectivity index (χ2v) is 6.01. The summed E-state index contributed by atoms with van der Waals surface area (Å²) in [5, 5.41) is 9.89. The lowest BCUT2D eigenvalue weighted by molar-refractivity contribution is -0.125. The predicted molar refractivity (Wildman–Crippen MR) is 83.8 cm³/mol. The summed E-state index contributed by atoms with van der Waals surface area (Å²) in [5.74, 6) is -0.248. The lowest BCUT2D eigenvalue weighted by Gasteiger charge is -2.24. The van der Waals surface area contributed by atoms with Crippen molar-refractivity contribution in [2.24, 2.45) is 0 Å². The first kappa shape index (κ1) is 14.4. The number of hydrogen-bond donors (Lipinski definition) is 1. The minimum absolute atomic E-state index is 0.248. The third-order valence-electron chi connectivity index (χ3n) is 4.63. The van der Waals surface area contributed by atoms with Gasteiger partial charge in [0.05, 0.1) is 5.69 Å². The molecule has 0 aliphatic carbocycles. The second kappa shape index (κ2) is 5.66. The molecule has 1 saturated heterocycles. The van der Waals surface area contributed by atoms with Gasteiger partial charge in [0.25, 0.3) is 5.91 Å². The molecule has 1 aromatic rings. The van der Waals surface area contributed by atoms with Crippen molar-refractivity contribution < 1.29 is 9.90 Å². The number of nitrogens with zero attached hydrogens (tertiary/aromatic N) is 3. The Labute approximate surface area is 125 Å². The zero-order valence-electron chi connectivity index (χ0n) is 12.7. The first-order valence-electron chi connectivity index (χ1n) is 7.61. The molecule has 0 radical (unpaired) electrons. The number of aliphatic hydroxyl groups is 1. The minimum Gasteiger partial charge on any atom is -0.378 e. The van der Waals surface area contributed by atoms with Crippen LogP contribution in [-0.4, -0.2) is 56.2 Å². The van der Waals surface area contributed by atoms with Crippen LogP contribution in [0.2, 0.25) is 0 Å². The lowest BCUT2D eigenvalue weighted by Crippen LogP contribution is -2.31. The summed E-state index contributed by atoms with van der Waals surface area (Å²) >= 11 is 0. The molecule has 1 aromatic carbocycles. The third-order valence-corrected chi connectivity index (χ3v) is 4.63. The molecular formula is C16H23N3O2. The summed E-state index contributed by atoms with van der Waals surface area (Å²) in [6.45, 7) is 4.47. The van der Waals surface area contributed by atoms with Gasteiger partial charge in [0.15, 0.2) is 6.10 Å². The van der Waals surface area contributed by atoms with Gasteiger partial charge in [-0.3, -0.25) is 4.79 Å². The molecule has 2 heterocycles. The van der Waals surface area contributed by atoms with Crippen molar-refractivity contribution in [1.82, 2.24) is 4.90 Å². The van der Waals surface area contributed by atoms with Crippen LogP contribution in [0.25, 0.3) is 0 Å². The number of amides is 1. The monoisotopic (exact) mass is 289 g/mol. The number of fused-ring (bicyclic) bond motifs is 1. The summed E-state index contributed by atoms with van der Waals surface area (Å²) < 4.78 is 0. The molecule has 0 aromatic heterocycles. The van der Waals surface area contributed by atoms with E-state index >= 15 is 0 Å². The Hall–Kier alpha value is -1.59. The van der Waals surface area contributed by atoms with Gasteiger partial charge in [-0.2, -0.15) is 0 Å². The summed E-state index contributed by atoms with van der Waals surface area (Å²) in [6.07, 6.45) is 1.62. The highest BCUT2D eigenvalue weighted by molar-refractivity contribution is 6.03. The van der Waals surface area contributed by atoms with E-state index in [1.807, 2.05) is 18.2 Å². The van der Waals surface area contributed by atoms with Crippen LogP contribution in [0.1, 0.15) is 24.5 Å². The van der Waals surface area contributed by atoms with E-state index in [0.717, 1.165) is 24.5 Å². The van der Waals surface area contributed by atoms with Crippen molar-refractivity contribution in [3.8, 4) is 0 Å². The topological polar surface area (TPSA) is 47.0 Å². The summed E-state index contributed by atoms with van der Waals surface area (Å²) in [7, 11) is 3.79. The van der Waals surface area contributed by atoms with Crippen LogP contribution >= 0.6 is 0 Å². The fourth-order valence-electron chi connectivity index (χ4n) is 3.15. The fraction of sp³-hybridized carbons (Fsp3) is 0.562. The molecule has 21 heavy (non-hydrogen) atoms. The normalized spacial score (nSPS) is 22.0. The maximum absolute atomic E-state index is 11.8. The molecule has 2 aliphatic rings. The average Bonchev–Trinajstić information content (AvgIpc) is 3.09. The van der Waals surface area contributed by atoms with E-state index in [0.29, 0.717) is 5.56 Å². The molecule has 114 valence electrons. The van der Waals surface area contributed by atoms with E-state index < -0.39 is 6.10 Å². The van der Waals surface area contributed by atoms with Crippen LogP contribution < -0.4 is 9.80 Å². The highest BCUT2D eigenvalue weighted by atomic mass is 16.3. The van der Waals surface area contributed by atoms with Gasteiger partial charge in [0, 0.05) is 38.4 Å². The number of likely N-dealkylation sites (tertiary alicyclic amines) is 1. The van der Waals surface area contributed by atoms with E-state index in [-0.39, 0.29) is 5.91 Å². The Morgan fingerprint density at radius 3 is 2.76 bits per heavy atom. The SMILES string of the molecule is CN(CCN1CCCC1)c1ccc2c(c1)N(C)C(=O)C2O. The van der Waals surface area contributed by atoms with Crippen LogP contribution in [0.3, 0.4) is 0 Å². The largest absolute Gasteiger partial charge is 0.378 e. The molecule has 2 aliphatic heterocycles. The second-order valence-electron chi connectivity index (χ2n) is 6.01. The quantitative estimate of drug-likeness (QED) is 0.905. The van der Waals surface area contributed by atoms with Crippen molar-refractivity contribution in [3.05, 3.63) is 23.8 Å². The number of anilines is 2. The maximum atomic E-state index is 11.8. The van der Waals surface area contributed by atoms with E-state index in [9.17, 15) is 9.90 Å². The molecule has 1 amide bonds. The summed E-state index contributed by atoms with van der Waals surface area (Å²) in [5.41, 5.74) is 2.61. The van der Waals surface area contributed by atoms with Crippen molar-refractivity contribution in [3.63, 3.8) is 0 Å². The Balaban J connectivity index is 1.70. The van der Waals surface area contributed by atoms with Crippen LogP contribution in [0.5, 0.6) is 0 Å². The molecule has 3 rings (SSSR count). The van der Waals surface area contributed by atoms with Crippen molar-refractivity contribution >= 4 is 17.3 Å². The molecule has 0 spiro atoms. The first-order chi connectivity index (χ1) is 10.1. The van der Waals surface area contributed by atoms with Crippen molar-refractivity contribution in [2.75, 3.05) is 50.1 Å². The van der Waals surface area contributed by atoms with Gasteiger partial charge >= 0.3 is 0 Å². The first-order valence-corrected chi connectivity index (χ1v) is 7.61. The molecule has 1 N–H and O–H groups in total. The highest BCUT2D eigenvalue weighted by Gasteiger charge is 2.33. The molecule has 5 nitrogen and oxygen atoms in total. The number of likely N-dealkylation sites (N-methyl/N-ethyl adjacent to an activating group) is 2. The van der Waals surface area contributed by atoms with Gasteiger partial charge in [-0.25, -0.2) is 0 Å². The molecule has 0 bridgehead atoms. The molecule has 1 unspecified atom stereocenters. The van der Waals surface area contributed by atoms with Crippen LogP contribution in [0.4, 0.5) is 11.4 Å². The van der Waals surface area contributed by atoms with Gasteiger partial charge < -0.3 is 19.8 Å². The number of benzene rings is 1. The average molecular weight is 289 g/mol. The Morgan fingerprint density at radius 1 is 1.33 bits per heavy atom. The number of rotatable bonds is 4.